The molecule has 8 heteroatoms. The molecule has 0 radical (unpaired) electrons. The Bertz CT molecular complexity index is 1100. The number of hydrogen-bond acceptors (Lipinski definition) is 6. The molecule has 0 spiro atoms. The van der Waals surface area contributed by atoms with Crippen LogP contribution in [0.2, 0.25) is 0 Å². The van der Waals surface area contributed by atoms with Crippen molar-refractivity contribution in [2.45, 2.75) is 37.9 Å². The number of benzene rings is 1. The molecule has 1 aromatic carbocycles. The van der Waals surface area contributed by atoms with Crippen LogP contribution in [0.4, 0.5) is 5.69 Å². The van der Waals surface area contributed by atoms with E-state index >= 15 is 0 Å². The van der Waals surface area contributed by atoms with Crippen LogP contribution >= 0.6 is 11.8 Å². The average Bonchev–Trinajstić information content (AvgIpc) is 2.73. The van der Waals surface area contributed by atoms with Gasteiger partial charge in [-0.2, -0.15) is 0 Å². The van der Waals surface area contributed by atoms with Gasteiger partial charge >= 0.3 is 0 Å². The SMILES string of the molecule is CCSc1ncc2c(=O)n(C(C)C(=O)N3CCCc4ccccc43)cnc2n1. The number of anilines is 1. The molecule has 1 aliphatic heterocycles. The summed E-state index contributed by atoms with van der Waals surface area (Å²) in [6.07, 6.45) is 4.78. The molecule has 0 saturated carbocycles. The fourth-order valence-electron chi connectivity index (χ4n) is 3.50. The standard InChI is InChI=1S/C20H21N5O2S/c1-3-28-20-21-11-15-17(23-20)22-12-25(19(15)27)13(2)18(26)24-10-6-8-14-7-4-5-9-16(14)24/h4-5,7,9,11-13H,3,6,8,10H2,1-2H3. The third-order valence-corrected chi connectivity index (χ3v) is 5.68. The molecule has 0 saturated heterocycles. The lowest BCUT2D eigenvalue weighted by Crippen LogP contribution is -2.42. The number of amides is 1. The van der Waals surface area contributed by atoms with Crippen molar-refractivity contribution in [3.05, 3.63) is 52.7 Å². The minimum Gasteiger partial charge on any atom is -0.310 e. The second-order valence-electron chi connectivity index (χ2n) is 6.68. The van der Waals surface area contributed by atoms with E-state index in [9.17, 15) is 9.59 Å². The molecule has 7 nitrogen and oxygen atoms in total. The number of rotatable bonds is 4. The van der Waals surface area contributed by atoms with Gasteiger partial charge in [0, 0.05) is 18.4 Å². The van der Waals surface area contributed by atoms with E-state index in [0.29, 0.717) is 22.7 Å². The Kier molecular flexibility index (Phi) is 5.13. The fourth-order valence-corrected chi connectivity index (χ4v) is 4.03. The first-order valence-electron chi connectivity index (χ1n) is 9.36. The second kappa shape index (κ2) is 7.71. The Balaban J connectivity index is 1.68. The van der Waals surface area contributed by atoms with Gasteiger partial charge in [0.15, 0.2) is 10.8 Å². The van der Waals surface area contributed by atoms with E-state index in [2.05, 4.69) is 15.0 Å². The van der Waals surface area contributed by atoms with Gasteiger partial charge in [0.1, 0.15) is 17.8 Å². The van der Waals surface area contributed by atoms with E-state index in [1.165, 1.54) is 28.9 Å². The van der Waals surface area contributed by atoms with Crippen molar-refractivity contribution < 1.29 is 4.79 Å². The van der Waals surface area contributed by atoms with E-state index < -0.39 is 6.04 Å². The Hall–Kier alpha value is -2.74. The molecule has 0 aliphatic carbocycles. The number of aromatic nitrogens is 4. The van der Waals surface area contributed by atoms with Crippen LogP contribution in [0.1, 0.15) is 31.9 Å². The van der Waals surface area contributed by atoms with Gasteiger partial charge in [0.05, 0.1) is 0 Å². The van der Waals surface area contributed by atoms with Gasteiger partial charge in [-0.1, -0.05) is 36.9 Å². The highest BCUT2D eigenvalue weighted by Crippen LogP contribution is 2.28. The predicted octanol–water partition coefficient (Wildman–Crippen LogP) is 2.84. The first-order chi connectivity index (χ1) is 13.6. The Morgan fingerprint density at radius 1 is 1.29 bits per heavy atom. The molecule has 0 N–H and O–H groups in total. The van der Waals surface area contributed by atoms with Crippen molar-refractivity contribution in [3.63, 3.8) is 0 Å². The molecule has 4 rings (SSSR count). The summed E-state index contributed by atoms with van der Waals surface area (Å²) in [5.74, 6) is 0.722. The summed E-state index contributed by atoms with van der Waals surface area (Å²) in [5, 5.41) is 0.912. The second-order valence-corrected chi connectivity index (χ2v) is 7.91. The molecular formula is C20H21N5O2S. The predicted molar refractivity (Wildman–Crippen MR) is 110 cm³/mol. The topological polar surface area (TPSA) is 81.0 Å². The highest BCUT2D eigenvalue weighted by molar-refractivity contribution is 7.99. The van der Waals surface area contributed by atoms with Gasteiger partial charge in [-0.25, -0.2) is 15.0 Å². The normalized spacial score (nSPS) is 14.7. The lowest BCUT2D eigenvalue weighted by Gasteiger charge is -2.31. The van der Waals surface area contributed by atoms with E-state index in [4.69, 9.17) is 0 Å². The summed E-state index contributed by atoms with van der Waals surface area (Å²) in [7, 11) is 0. The van der Waals surface area contributed by atoms with Gasteiger partial charge < -0.3 is 4.90 Å². The number of fused-ring (bicyclic) bond motifs is 2. The average molecular weight is 395 g/mol. The summed E-state index contributed by atoms with van der Waals surface area (Å²) in [6, 6.07) is 7.26. The van der Waals surface area contributed by atoms with Crippen LogP contribution < -0.4 is 10.5 Å². The van der Waals surface area contributed by atoms with Crippen molar-refractivity contribution in [1.29, 1.82) is 0 Å². The highest BCUT2D eigenvalue weighted by Gasteiger charge is 2.28. The van der Waals surface area contributed by atoms with Crippen molar-refractivity contribution in [3.8, 4) is 0 Å². The third-order valence-electron chi connectivity index (χ3n) is 4.94. The summed E-state index contributed by atoms with van der Waals surface area (Å²) in [4.78, 5) is 40.8. The molecular weight excluding hydrogens is 374 g/mol. The molecule has 3 heterocycles. The molecule has 2 aromatic heterocycles. The summed E-state index contributed by atoms with van der Waals surface area (Å²) < 4.78 is 1.37. The number of carbonyl (C=O) groups excluding carboxylic acids is 1. The fraction of sp³-hybridized carbons (Fsp3) is 0.350. The lowest BCUT2D eigenvalue weighted by molar-refractivity contribution is -0.121. The van der Waals surface area contributed by atoms with E-state index in [-0.39, 0.29) is 11.5 Å². The monoisotopic (exact) mass is 395 g/mol. The number of thioether (sulfide) groups is 1. The number of hydrogen-bond donors (Lipinski definition) is 0. The van der Waals surface area contributed by atoms with Crippen LogP contribution in [0.5, 0.6) is 0 Å². The highest BCUT2D eigenvalue weighted by atomic mass is 32.2. The van der Waals surface area contributed by atoms with E-state index in [1.807, 2.05) is 31.2 Å². The zero-order chi connectivity index (χ0) is 19.7. The Morgan fingerprint density at radius 2 is 2.11 bits per heavy atom. The molecule has 1 amide bonds. The van der Waals surface area contributed by atoms with Crippen LogP contribution in [0.3, 0.4) is 0 Å². The summed E-state index contributed by atoms with van der Waals surface area (Å²) >= 11 is 1.49. The van der Waals surface area contributed by atoms with Gasteiger partial charge in [-0.3, -0.25) is 14.2 Å². The van der Waals surface area contributed by atoms with Gasteiger partial charge in [-0.15, -0.1) is 0 Å². The Morgan fingerprint density at radius 3 is 2.93 bits per heavy atom. The quantitative estimate of drug-likeness (QED) is 0.499. The molecule has 28 heavy (non-hydrogen) atoms. The largest absolute Gasteiger partial charge is 0.310 e. The van der Waals surface area contributed by atoms with Crippen LogP contribution in [-0.4, -0.2) is 37.7 Å². The number of nitrogens with zero attached hydrogens (tertiary/aromatic N) is 5. The maximum atomic E-state index is 13.2. The van der Waals surface area contributed by atoms with Crippen LogP contribution in [0, 0.1) is 0 Å². The van der Waals surface area contributed by atoms with E-state index in [0.717, 1.165) is 29.8 Å². The smallest absolute Gasteiger partial charge is 0.265 e. The first kappa shape index (κ1) is 18.6. The van der Waals surface area contributed by atoms with Crippen LogP contribution in [0.15, 0.2) is 46.7 Å². The minimum absolute atomic E-state index is 0.116. The summed E-state index contributed by atoms with van der Waals surface area (Å²) in [6.45, 7) is 4.39. The third kappa shape index (κ3) is 3.28. The molecule has 1 unspecified atom stereocenters. The Labute approximate surface area is 166 Å². The molecule has 0 fully saturated rings. The van der Waals surface area contributed by atoms with Gasteiger partial charge in [-0.05, 0) is 37.1 Å². The summed E-state index contributed by atoms with van der Waals surface area (Å²) in [5.41, 5.74) is 2.14. The van der Waals surface area contributed by atoms with Gasteiger partial charge in [0.2, 0.25) is 5.91 Å². The van der Waals surface area contributed by atoms with E-state index in [1.54, 1.807) is 11.8 Å². The van der Waals surface area contributed by atoms with Crippen molar-refractivity contribution >= 4 is 34.4 Å². The molecule has 3 aromatic rings. The van der Waals surface area contributed by atoms with Crippen LogP contribution in [0.25, 0.3) is 11.0 Å². The lowest BCUT2D eigenvalue weighted by atomic mass is 10.0. The van der Waals surface area contributed by atoms with Crippen LogP contribution in [-0.2, 0) is 11.2 Å². The maximum absolute atomic E-state index is 13.2. The minimum atomic E-state index is -0.666. The number of para-hydroxylation sites is 1. The molecule has 0 bridgehead atoms. The molecule has 1 atom stereocenters. The number of carbonyl (C=O) groups is 1. The zero-order valence-electron chi connectivity index (χ0n) is 15.8. The molecule has 144 valence electrons. The van der Waals surface area contributed by atoms with Crippen molar-refractivity contribution in [2.75, 3.05) is 17.2 Å². The number of aryl methyl sites for hydroxylation is 1. The maximum Gasteiger partial charge on any atom is 0.265 e. The van der Waals surface area contributed by atoms with Crippen molar-refractivity contribution in [1.82, 2.24) is 19.5 Å². The first-order valence-corrected chi connectivity index (χ1v) is 10.3. The van der Waals surface area contributed by atoms with Crippen molar-refractivity contribution in [2.24, 2.45) is 0 Å². The zero-order valence-corrected chi connectivity index (χ0v) is 16.6. The van der Waals surface area contributed by atoms with Gasteiger partial charge in [0.25, 0.3) is 5.56 Å². The molecule has 1 aliphatic rings.